The number of carbonyl (C=O) groups excluding carboxylic acids is 1. The second kappa shape index (κ2) is 5.86. The monoisotopic (exact) mass is 257 g/mol. The van der Waals surface area contributed by atoms with E-state index in [4.69, 9.17) is 10.5 Å². The van der Waals surface area contributed by atoms with Crippen LogP contribution in [0.25, 0.3) is 0 Å². The Kier molecular flexibility index (Phi) is 3.97. The van der Waals surface area contributed by atoms with Crippen molar-refractivity contribution in [3.63, 3.8) is 0 Å². The number of ether oxygens (including phenoxy) is 1. The Morgan fingerprint density at radius 3 is 2.89 bits per heavy atom. The molecule has 0 fully saturated rings. The zero-order chi connectivity index (χ0) is 13.7. The Bertz CT molecular complexity index is 570. The molecule has 0 aliphatic rings. The van der Waals surface area contributed by atoms with Gasteiger partial charge in [-0.3, -0.25) is 9.78 Å². The van der Waals surface area contributed by atoms with Gasteiger partial charge in [-0.2, -0.15) is 0 Å². The van der Waals surface area contributed by atoms with Crippen molar-refractivity contribution in [1.82, 2.24) is 4.98 Å². The topological polar surface area (TPSA) is 77.2 Å². The number of carbonyl (C=O) groups is 1. The van der Waals surface area contributed by atoms with Gasteiger partial charge in [-0.05, 0) is 37.3 Å². The molecule has 0 aliphatic carbocycles. The van der Waals surface area contributed by atoms with Crippen LogP contribution in [0.5, 0.6) is 5.75 Å². The Labute approximate surface area is 111 Å². The Balaban J connectivity index is 2.14. The van der Waals surface area contributed by atoms with Gasteiger partial charge < -0.3 is 15.8 Å². The molecule has 0 bridgehead atoms. The average molecular weight is 257 g/mol. The van der Waals surface area contributed by atoms with Crippen molar-refractivity contribution in [2.45, 2.75) is 6.92 Å². The van der Waals surface area contributed by atoms with E-state index in [-0.39, 0.29) is 5.91 Å². The second-order valence-electron chi connectivity index (χ2n) is 3.88. The molecule has 0 saturated heterocycles. The number of nitrogens with two attached hydrogens (primary N) is 1. The van der Waals surface area contributed by atoms with Crippen molar-refractivity contribution in [1.29, 1.82) is 0 Å². The normalized spacial score (nSPS) is 9.95. The summed E-state index contributed by atoms with van der Waals surface area (Å²) in [6, 6.07) is 8.48. The SMILES string of the molecule is CCOc1ccc(C(=O)Nc2cccnc2)cc1N. The smallest absolute Gasteiger partial charge is 0.255 e. The van der Waals surface area contributed by atoms with Crippen LogP contribution in [0.15, 0.2) is 42.7 Å². The van der Waals surface area contributed by atoms with E-state index in [0.717, 1.165) is 0 Å². The number of benzene rings is 1. The minimum Gasteiger partial charge on any atom is -0.492 e. The van der Waals surface area contributed by atoms with Crippen LogP contribution >= 0.6 is 0 Å². The average Bonchev–Trinajstić information content (AvgIpc) is 2.42. The summed E-state index contributed by atoms with van der Waals surface area (Å²) in [5, 5.41) is 2.74. The first kappa shape index (κ1) is 12.9. The van der Waals surface area contributed by atoms with Gasteiger partial charge in [-0.1, -0.05) is 0 Å². The number of hydrogen-bond acceptors (Lipinski definition) is 4. The zero-order valence-electron chi connectivity index (χ0n) is 10.6. The summed E-state index contributed by atoms with van der Waals surface area (Å²) in [4.78, 5) is 15.9. The van der Waals surface area contributed by atoms with Gasteiger partial charge in [0.25, 0.3) is 5.91 Å². The van der Waals surface area contributed by atoms with Gasteiger partial charge in [0, 0.05) is 11.8 Å². The summed E-state index contributed by atoms with van der Waals surface area (Å²) in [5.41, 5.74) is 7.38. The summed E-state index contributed by atoms with van der Waals surface area (Å²) < 4.78 is 5.32. The maximum Gasteiger partial charge on any atom is 0.255 e. The molecule has 1 aromatic heterocycles. The van der Waals surface area contributed by atoms with Crippen molar-refractivity contribution in [2.75, 3.05) is 17.7 Å². The van der Waals surface area contributed by atoms with Crippen LogP contribution in [0.3, 0.4) is 0 Å². The number of nitrogens with zero attached hydrogens (tertiary/aromatic N) is 1. The first-order valence-corrected chi connectivity index (χ1v) is 5.94. The second-order valence-corrected chi connectivity index (χ2v) is 3.88. The Hall–Kier alpha value is -2.56. The molecule has 0 unspecified atom stereocenters. The third-order valence-corrected chi connectivity index (χ3v) is 2.49. The lowest BCUT2D eigenvalue weighted by Gasteiger charge is -2.09. The Morgan fingerprint density at radius 2 is 2.26 bits per heavy atom. The number of anilines is 2. The van der Waals surface area contributed by atoms with Gasteiger partial charge in [0.05, 0.1) is 24.2 Å². The van der Waals surface area contributed by atoms with Crippen LogP contribution in [0, 0.1) is 0 Å². The number of amides is 1. The third-order valence-electron chi connectivity index (χ3n) is 2.49. The molecule has 0 radical (unpaired) electrons. The highest BCUT2D eigenvalue weighted by Gasteiger charge is 2.09. The first-order valence-electron chi connectivity index (χ1n) is 5.94. The number of hydrogen-bond donors (Lipinski definition) is 2. The lowest BCUT2D eigenvalue weighted by atomic mass is 10.1. The molecule has 0 spiro atoms. The van der Waals surface area contributed by atoms with Crippen LogP contribution in [-0.4, -0.2) is 17.5 Å². The number of rotatable bonds is 4. The van der Waals surface area contributed by atoms with Crippen LogP contribution in [-0.2, 0) is 0 Å². The van der Waals surface area contributed by atoms with Crippen LogP contribution < -0.4 is 15.8 Å². The van der Waals surface area contributed by atoms with E-state index in [2.05, 4.69) is 10.3 Å². The summed E-state index contributed by atoms with van der Waals surface area (Å²) in [5.74, 6) is 0.350. The predicted octanol–water partition coefficient (Wildman–Crippen LogP) is 2.31. The molecule has 0 atom stereocenters. The van der Waals surface area contributed by atoms with Crippen molar-refractivity contribution < 1.29 is 9.53 Å². The summed E-state index contributed by atoms with van der Waals surface area (Å²) in [6.07, 6.45) is 3.22. The van der Waals surface area contributed by atoms with Gasteiger partial charge in [-0.15, -0.1) is 0 Å². The molecule has 5 heteroatoms. The number of nitrogens with one attached hydrogen (secondary N) is 1. The molecule has 1 aromatic carbocycles. The standard InChI is InChI=1S/C14H15N3O2/c1-2-19-13-6-5-10(8-12(13)15)14(18)17-11-4-3-7-16-9-11/h3-9H,2,15H2,1H3,(H,17,18). The molecule has 19 heavy (non-hydrogen) atoms. The van der Waals surface area contributed by atoms with Crippen molar-refractivity contribution in [3.05, 3.63) is 48.3 Å². The van der Waals surface area contributed by atoms with Crippen molar-refractivity contribution in [2.24, 2.45) is 0 Å². The third kappa shape index (κ3) is 3.22. The highest BCUT2D eigenvalue weighted by molar-refractivity contribution is 6.04. The largest absolute Gasteiger partial charge is 0.492 e. The quantitative estimate of drug-likeness (QED) is 0.824. The Morgan fingerprint density at radius 1 is 1.42 bits per heavy atom. The fourth-order valence-corrected chi connectivity index (χ4v) is 1.62. The molecule has 2 aromatic rings. The molecule has 1 heterocycles. The van der Waals surface area contributed by atoms with Crippen LogP contribution in [0.2, 0.25) is 0 Å². The van der Waals surface area contributed by atoms with Gasteiger partial charge in [0.2, 0.25) is 0 Å². The maximum absolute atomic E-state index is 12.0. The minimum atomic E-state index is -0.234. The van der Waals surface area contributed by atoms with E-state index in [9.17, 15) is 4.79 Å². The molecule has 0 aliphatic heterocycles. The molecule has 2 rings (SSSR count). The molecule has 1 amide bonds. The van der Waals surface area contributed by atoms with Gasteiger partial charge in [0.15, 0.2) is 0 Å². The number of aromatic nitrogens is 1. The molecule has 5 nitrogen and oxygen atoms in total. The summed E-state index contributed by atoms with van der Waals surface area (Å²) >= 11 is 0. The fourth-order valence-electron chi connectivity index (χ4n) is 1.62. The van der Waals surface area contributed by atoms with E-state index in [1.807, 2.05) is 6.92 Å². The zero-order valence-corrected chi connectivity index (χ0v) is 10.6. The van der Waals surface area contributed by atoms with Crippen molar-refractivity contribution in [3.8, 4) is 5.75 Å². The maximum atomic E-state index is 12.0. The van der Waals surface area contributed by atoms with E-state index < -0.39 is 0 Å². The highest BCUT2D eigenvalue weighted by Crippen LogP contribution is 2.22. The summed E-state index contributed by atoms with van der Waals surface area (Å²) in [6.45, 7) is 2.41. The van der Waals surface area contributed by atoms with Gasteiger partial charge in [0.1, 0.15) is 5.75 Å². The lowest BCUT2D eigenvalue weighted by molar-refractivity contribution is 0.102. The fraction of sp³-hybridized carbons (Fsp3) is 0.143. The van der Waals surface area contributed by atoms with Gasteiger partial charge >= 0.3 is 0 Å². The molecular weight excluding hydrogens is 242 g/mol. The van der Waals surface area contributed by atoms with Crippen molar-refractivity contribution >= 4 is 17.3 Å². The predicted molar refractivity (Wildman–Crippen MR) is 74.2 cm³/mol. The first-order chi connectivity index (χ1) is 9.20. The number of pyridine rings is 1. The van der Waals surface area contributed by atoms with Crippen LogP contribution in [0.4, 0.5) is 11.4 Å². The summed E-state index contributed by atoms with van der Waals surface area (Å²) in [7, 11) is 0. The van der Waals surface area contributed by atoms with Gasteiger partial charge in [-0.25, -0.2) is 0 Å². The van der Waals surface area contributed by atoms with E-state index in [1.54, 1.807) is 42.7 Å². The van der Waals surface area contributed by atoms with E-state index >= 15 is 0 Å². The van der Waals surface area contributed by atoms with Crippen LogP contribution in [0.1, 0.15) is 17.3 Å². The molecular formula is C14H15N3O2. The molecule has 3 N–H and O–H groups in total. The number of nitrogen functional groups attached to an aromatic ring is 1. The highest BCUT2D eigenvalue weighted by atomic mass is 16.5. The molecule has 98 valence electrons. The lowest BCUT2D eigenvalue weighted by Crippen LogP contribution is -2.12. The van der Waals surface area contributed by atoms with E-state index in [1.165, 1.54) is 0 Å². The molecule has 0 saturated carbocycles. The minimum absolute atomic E-state index is 0.234. The van der Waals surface area contributed by atoms with E-state index in [0.29, 0.717) is 29.3 Å².